The van der Waals surface area contributed by atoms with Crippen molar-refractivity contribution in [3.05, 3.63) is 41.9 Å². The van der Waals surface area contributed by atoms with E-state index in [4.69, 9.17) is 10.5 Å². The van der Waals surface area contributed by atoms with Crippen molar-refractivity contribution in [3.63, 3.8) is 0 Å². The molecule has 0 spiro atoms. The second-order valence-electron chi connectivity index (χ2n) is 14.3. The van der Waals surface area contributed by atoms with Crippen LogP contribution in [0, 0.1) is 0 Å². The molecular weight excluding hydrogens is 600 g/mol. The molecule has 1 aromatic carbocycles. The van der Waals surface area contributed by atoms with Crippen LogP contribution in [0.4, 0.5) is 16.3 Å². The molecule has 3 heterocycles. The summed E-state index contributed by atoms with van der Waals surface area (Å²) in [5.41, 5.74) is 8.94. The highest BCUT2D eigenvalue weighted by Gasteiger charge is 2.46. The molecule has 2 aromatic rings. The predicted molar refractivity (Wildman–Crippen MR) is 181 cm³/mol. The summed E-state index contributed by atoms with van der Waals surface area (Å²) < 4.78 is 8.06. The Hall–Kier alpha value is -3.23. The van der Waals surface area contributed by atoms with Gasteiger partial charge in [0.2, 0.25) is 5.91 Å². The number of aromatic nitrogens is 2. The number of likely N-dealkylation sites (N-methyl/N-ethyl adjacent to an activating group) is 1. The molecule has 5 atom stereocenters. The zero-order valence-corrected chi connectivity index (χ0v) is 28.3. The van der Waals surface area contributed by atoms with Crippen molar-refractivity contribution in [2.24, 2.45) is 5.73 Å². The van der Waals surface area contributed by atoms with Crippen LogP contribution in [0.1, 0.15) is 102 Å². The predicted octanol–water partition coefficient (Wildman–Crippen LogP) is 3.30. The van der Waals surface area contributed by atoms with Crippen LogP contribution in [-0.2, 0) is 14.9 Å². The van der Waals surface area contributed by atoms with Crippen LogP contribution >= 0.6 is 0 Å². The number of aliphatic hydroxyl groups excluding tert-OH is 2. The second-order valence-corrected chi connectivity index (χ2v) is 14.3. The fraction of sp³-hybridized carbons (Fsp3) is 0.676. The molecule has 3 amide bonds. The Balaban J connectivity index is 1.16. The smallest absolute Gasteiger partial charge is 0.319 e. The number of anilines is 2. The van der Waals surface area contributed by atoms with E-state index in [2.05, 4.69) is 46.6 Å². The number of rotatable bonds is 8. The number of nitrogens with two attached hydrogens (primary N) is 1. The standard InChI is InChI=1S/C34H54N8O5/c1-34(2,3)22-13-15-23(16-14-22)39-33(46)36-18-17-26(43)40(4)19-25-28(44)29(45)32(47-25)42-20-37-27-30(35)38-21-41(31(27)42)24-11-9-7-5-6-8-10-12-24/h13-16,20,24-25,28-30,32,38,44-45H,5-12,17-19,21,35H2,1-4H3,(H2,36,39,46)/t25-,28-,29-,30?,32-/m1/s1. The molecule has 1 unspecified atom stereocenters. The summed E-state index contributed by atoms with van der Waals surface area (Å²) in [6.07, 6.45) is 6.55. The van der Waals surface area contributed by atoms with Crippen molar-refractivity contribution in [3.8, 4) is 0 Å². The first kappa shape index (κ1) is 35.1. The Morgan fingerprint density at radius 2 is 1.72 bits per heavy atom. The first-order chi connectivity index (χ1) is 22.4. The van der Waals surface area contributed by atoms with E-state index in [9.17, 15) is 19.8 Å². The van der Waals surface area contributed by atoms with Crippen molar-refractivity contribution in [2.45, 2.75) is 121 Å². The van der Waals surface area contributed by atoms with Crippen LogP contribution in [0.5, 0.6) is 0 Å². The van der Waals surface area contributed by atoms with Gasteiger partial charge in [-0.2, -0.15) is 0 Å². The van der Waals surface area contributed by atoms with Gasteiger partial charge in [-0.15, -0.1) is 0 Å². The van der Waals surface area contributed by atoms with E-state index in [1.165, 1.54) is 36.1 Å². The average molecular weight is 655 g/mol. The van der Waals surface area contributed by atoms with E-state index in [0.717, 1.165) is 31.5 Å². The quantitative estimate of drug-likeness (QED) is 0.250. The Kier molecular flexibility index (Phi) is 11.4. The van der Waals surface area contributed by atoms with Gasteiger partial charge >= 0.3 is 6.03 Å². The first-order valence-electron chi connectivity index (χ1n) is 17.2. The third-order valence-electron chi connectivity index (χ3n) is 9.73. The number of carbonyl (C=O) groups is 2. The van der Waals surface area contributed by atoms with E-state index in [0.29, 0.717) is 24.1 Å². The number of urea groups is 1. The summed E-state index contributed by atoms with van der Waals surface area (Å²) in [5.74, 6) is 0.591. The number of nitrogens with zero attached hydrogens (tertiary/aromatic N) is 4. The number of fused-ring (bicyclic) bond motifs is 1. The lowest BCUT2D eigenvalue weighted by atomic mass is 9.87. The largest absolute Gasteiger partial charge is 0.387 e. The van der Waals surface area contributed by atoms with Crippen LogP contribution in [0.15, 0.2) is 30.6 Å². The van der Waals surface area contributed by atoms with E-state index < -0.39 is 36.7 Å². The lowest BCUT2D eigenvalue weighted by Crippen LogP contribution is -2.50. The molecule has 13 heteroatoms. The SMILES string of the molecule is CN(C[C@H]1O[C@@H](n2cnc3c2N(C2CCCCCCCC2)CNC3N)[C@H](O)[C@@H]1O)C(=O)CCNC(=O)Nc1ccc(C(C)(C)C)cc1. The topological polar surface area (TPSA) is 170 Å². The fourth-order valence-corrected chi connectivity index (χ4v) is 6.85. The minimum absolute atomic E-state index is 0.0188. The number of hydrogen-bond acceptors (Lipinski definition) is 9. The maximum Gasteiger partial charge on any atom is 0.319 e. The Morgan fingerprint density at radius 3 is 2.38 bits per heavy atom. The zero-order chi connectivity index (χ0) is 33.7. The van der Waals surface area contributed by atoms with Crippen molar-refractivity contribution < 1.29 is 24.5 Å². The molecule has 13 nitrogen and oxygen atoms in total. The minimum Gasteiger partial charge on any atom is -0.387 e. The summed E-state index contributed by atoms with van der Waals surface area (Å²) in [7, 11) is 1.62. The summed E-state index contributed by atoms with van der Waals surface area (Å²) >= 11 is 0. The van der Waals surface area contributed by atoms with Gasteiger partial charge in [0.15, 0.2) is 6.23 Å². The van der Waals surface area contributed by atoms with Gasteiger partial charge in [-0.1, -0.05) is 71.4 Å². The van der Waals surface area contributed by atoms with Crippen LogP contribution in [-0.4, -0.2) is 87.8 Å². The van der Waals surface area contributed by atoms with Gasteiger partial charge in [0, 0.05) is 38.3 Å². The number of imidazole rings is 1. The Bertz CT molecular complexity index is 1330. The lowest BCUT2D eigenvalue weighted by molar-refractivity contribution is -0.132. The molecule has 1 saturated carbocycles. The van der Waals surface area contributed by atoms with E-state index in [1.807, 2.05) is 24.3 Å². The molecule has 7 N–H and O–H groups in total. The highest BCUT2D eigenvalue weighted by Crippen LogP contribution is 2.39. The third-order valence-corrected chi connectivity index (χ3v) is 9.73. The highest BCUT2D eigenvalue weighted by molar-refractivity contribution is 5.89. The van der Waals surface area contributed by atoms with E-state index in [1.54, 1.807) is 17.9 Å². The van der Waals surface area contributed by atoms with Crippen molar-refractivity contribution >= 4 is 23.4 Å². The Labute approximate surface area is 278 Å². The van der Waals surface area contributed by atoms with Gasteiger partial charge in [0.25, 0.3) is 0 Å². The second kappa shape index (κ2) is 15.3. The lowest BCUT2D eigenvalue weighted by Gasteiger charge is -2.40. The van der Waals surface area contributed by atoms with Crippen LogP contribution in [0.25, 0.3) is 0 Å². The maximum absolute atomic E-state index is 12.9. The average Bonchev–Trinajstić information content (AvgIpc) is 3.62. The van der Waals surface area contributed by atoms with Crippen molar-refractivity contribution in [2.75, 3.05) is 37.0 Å². The molecule has 0 radical (unpaired) electrons. The molecule has 1 aromatic heterocycles. The molecule has 260 valence electrons. The molecule has 2 fully saturated rings. The van der Waals surface area contributed by atoms with Crippen LogP contribution < -0.4 is 26.6 Å². The summed E-state index contributed by atoms with van der Waals surface area (Å²) in [4.78, 5) is 33.7. The molecular formula is C34H54N8O5. The highest BCUT2D eigenvalue weighted by atomic mass is 16.6. The fourth-order valence-electron chi connectivity index (χ4n) is 6.85. The molecule has 5 rings (SSSR count). The van der Waals surface area contributed by atoms with Gasteiger partial charge in [-0.25, -0.2) is 9.78 Å². The Morgan fingerprint density at radius 1 is 1.06 bits per heavy atom. The monoisotopic (exact) mass is 654 g/mol. The van der Waals surface area contributed by atoms with Gasteiger partial charge in [0.05, 0.1) is 13.0 Å². The summed E-state index contributed by atoms with van der Waals surface area (Å²) in [6.45, 7) is 7.16. The maximum atomic E-state index is 12.9. The number of ether oxygens (including phenoxy) is 1. The number of carbonyl (C=O) groups excluding carboxylic acids is 2. The van der Waals surface area contributed by atoms with Crippen LogP contribution in [0.2, 0.25) is 0 Å². The summed E-state index contributed by atoms with van der Waals surface area (Å²) in [6, 6.07) is 7.59. The summed E-state index contributed by atoms with van der Waals surface area (Å²) in [5, 5.41) is 31.0. The van der Waals surface area contributed by atoms with E-state index in [-0.39, 0.29) is 30.8 Å². The number of benzene rings is 1. The van der Waals surface area contributed by atoms with E-state index >= 15 is 0 Å². The van der Waals surface area contributed by atoms with Crippen molar-refractivity contribution in [1.29, 1.82) is 0 Å². The van der Waals surface area contributed by atoms with Gasteiger partial charge in [0.1, 0.15) is 36.0 Å². The number of hydrogen-bond donors (Lipinski definition) is 6. The molecule has 1 aliphatic carbocycles. The van der Waals surface area contributed by atoms with Gasteiger partial charge in [-0.3, -0.25) is 14.7 Å². The van der Waals surface area contributed by atoms with Crippen LogP contribution in [0.3, 0.4) is 0 Å². The number of nitrogens with one attached hydrogen (secondary N) is 3. The first-order valence-corrected chi connectivity index (χ1v) is 17.2. The molecule has 1 saturated heterocycles. The van der Waals surface area contributed by atoms with Gasteiger partial charge in [-0.05, 0) is 36.0 Å². The third kappa shape index (κ3) is 8.44. The van der Waals surface area contributed by atoms with Crippen molar-refractivity contribution in [1.82, 2.24) is 25.1 Å². The number of amides is 3. The minimum atomic E-state index is -1.22. The number of aliphatic hydroxyl groups is 2. The molecule has 2 aliphatic heterocycles. The molecule has 47 heavy (non-hydrogen) atoms. The zero-order valence-electron chi connectivity index (χ0n) is 28.3. The normalized spacial score (nSPS) is 25.8. The van der Waals surface area contributed by atoms with Gasteiger partial charge < -0.3 is 41.1 Å². The molecule has 0 bridgehead atoms. The molecule has 3 aliphatic rings.